The van der Waals surface area contributed by atoms with Gasteiger partial charge in [0.15, 0.2) is 0 Å². The van der Waals surface area contributed by atoms with Crippen molar-refractivity contribution in [3.63, 3.8) is 0 Å². The highest BCUT2D eigenvalue weighted by Crippen LogP contribution is 2.35. The number of nitrogens with zero attached hydrogens (tertiary/aromatic N) is 3. The first kappa shape index (κ1) is 22.6. The number of sulfonamides is 1. The summed E-state index contributed by atoms with van der Waals surface area (Å²) in [4.78, 5) is 16.6. The van der Waals surface area contributed by atoms with Crippen LogP contribution in [0.3, 0.4) is 0 Å². The maximum absolute atomic E-state index is 13.3. The lowest BCUT2D eigenvalue weighted by Crippen LogP contribution is -2.41. The Morgan fingerprint density at radius 3 is 2.58 bits per heavy atom. The zero-order valence-corrected chi connectivity index (χ0v) is 19.4. The molecule has 11 heteroatoms. The van der Waals surface area contributed by atoms with Crippen molar-refractivity contribution in [3.8, 4) is 28.6 Å². The predicted molar refractivity (Wildman–Crippen MR) is 117 cm³/mol. The summed E-state index contributed by atoms with van der Waals surface area (Å²) >= 11 is 0. The molecule has 0 N–H and O–H groups in total. The van der Waals surface area contributed by atoms with E-state index in [1.165, 1.54) is 12.1 Å². The van der Waals surface area contributed by atoms with E-state index in [0.29, 0.717) is 27.3 Å². The summed E-state index contributed by atoms with van der Waals surface area (Å²) in [6.07, 6.45) is -0.964. The zero-order chi connectivity index (χ0) is 23.8. The Morgan fingerprint density at radius 2 is 1.88 bits per heavy atom. The van der Waals surface area contributed by atoms with Gasteiger partial charge >= 0.3 is 6.09 Å². The number of hydrogen-bond acceptors (Lipinski definition) is 9. The summed E-state index contributed by atoms with van der Waals surface area (Å²) in [5.41, 5.74) is -0.179. The van der Waals surface area contributed by atoms with Crippen LogP contribution in [0.1, 0.15) is 26.7 Å². The Bertz CT molecular complexity index is 1300. The van der Waals surface area contributed by atoms with Crippen LogP contribution in [0.25, 0.3) is 11.4 Å². The molecule has 0 fully saturated rings. The molecule has 174 valence electrons. The lowest BCUT2D eigenvalue weighted by molar-refractivity contribution is 0.0381. The van der Waals surface area contributed by atoms with E-state index in [4.69, 9.17) is 18.7 Å². The van der Waals surface area contributed by atoms with Crippen molar-refractivity contribution in [2.24, 2.45) is 0 Å². The van der Waals surface area contributed by atoms with Gasteiger partial charge in [0.05, 0.1) is 6.54 Å². The Kier molecular flexibility index (Phi) is 5.75. The van der Waals surface area contributed by atoms with Crippen molar-refractivity contribution >= 4 is 16.1 Å². The van der Waals surface area contributed by atoms with Gasteiger partial charge in [-0.15, -0.1) is 0 Å². The minimum absolute atomic E-state index is 0.00214. The molecular weight excluding hydrogens is 450 g/mol. The van der Waals surface area contributed by atoms with Crippen LogP contribution in [0.5, 0.6) is 17.2 Å². The third-order valence-electron chi connectivity index (χ3n) is 4.49. The van der Waals surface area contributed by atoms with Crippen molar-refractivity contribution in [1.82, 2.24) is 14.4 Å². The molecule has 1 aliphatic heterocycles. The average molecular weight is 474 g/mol. The molecule has 2 heterocycles. The van der Waals surface area contributed by atoms with Gasteiger partial charge in [-0.25, -0.2) is 13.2 Å². The van der Waals surface area contributed by atoms with Crippen LogP contribution in [0.4, 0.5) is 4.79 Å². The average Bonchev–Trinajstić information content (AvgIpc) is 3.11. The Morgan fingerprint density at radius 1 is 1.12 bits per heavy atom. The molecular formula is C22H23N3O7S. The van der Waals surface area contributed by atoms with E-state index in [9.17, 15) is 13.2 Å². The number of benzene rings is 2. The molecule has 0 saturated heterocycles. The summed E-state index contributed by atoms with van der Waals surface area (Å²) in [7, 11) is -4.23. The third-order valence-corrected chi connectivity index (χ3v) is 6.27. The molecule has 3 aromatic rings. The van der Waals surface area contributed by atoms with Crippen molar-refractivity contribution in [2.45, 2.75) is 38.2 Å². The van der Waals surface area contributed by atoms with E-state index in [2.05, 4.69) is 10.1 Å². The van der Waals surface area contributed by atoms with E-state index in [0.717, 1.165) is 0 Å². The molecule has 0 saturated carbocycles. The highest BCUT2D eigenvalue weighted by atomic mass is 32.2. The van der Waals surface area contributed by atoms with Gasteiger partial charge in [-0.1, -0.05) is 17.3 Å². The Hall–Kier alpha value is -3.60. The zero-order valence-electron chi connectivity index (χ0n) is 18.6. The second-order valence-corrected chi connectivity index (χ2v) is 10.1. The molecule has 0 unspecified atom stereocenters. The SMILES string of the molecule is Cc1nc(-c2cccc(Oc3ccc4c(c3)S(=O)(=O)N(C(=O)OC(C)(C)C)CCO4)c2)no1. The quantitative estimate of drug-likeness (QED) is 0.552. The van der Waals surface area contributed by atoms with Gasteiger partial charge < -0.3 is 18.7 Å². The fraction of sp³-hybridized carbons (Fsp3) is 0.318. The molecule has 0 aliphatic carbocycles. The lowest BCUT2D eigenvalue weighted by atomic mass is 10.2. The molecule has 2 aromatic carbocycles. The van der Waals surface area contributed by atoms with Gasteiger partial charge in [0.2, 0.25) is 11.7 Å². The molecule has 33 heavy (non-hydrogen) atoms. The maximum atomic E-state index is 13.3. The summed E-state index contributed by atoms with van der Waals surface area (Å²) in [6, 6.07) is 11.4. The molecule has 1 aliphatic rings. The summed E-state index contributed by atoms with van der Waals surface area (Å²) < 4.78 is 48.9. The number of ether oxygens (including phenoxy) is 3. The molecule has 4 rings (SSSR count). The van der Waals surface area contributed by atoms with Crippen molar-refractivity contribution in [1.29, 1.82) is 0 Å². The normalized spacial score (nSPS) is 15.2. The van der Waals surface area contributed by atoms with Gasteiger partial charge in [0.1, 0.15) is 34.4 Å². The van der Waals surface area contributed by atoms with Crippen LogP contribution in [0.2, 0.25) is 0 Å². The summed E-state index contributed by atoms with van der Waals surface area (Å²) in [5.74, 6) is 1.65. The Balaban J connectivity index is 1.64. The first-order chi connectivity index (χ1) is 15.5. The summed E-state index contributed by atoms with van der Waals surface area (Å²) in [5, 5.41) is 3.88. The maximum Gasteiger partial charge on any atom is 0.424 e. The lowest BCUT2D eigenvalue weighted by Gasteiger charge is -2.25. The van der Waals surface area contributed by atoms with Gasteiger partial charge in [-0.2, -0.15) is 9.29 Å². The van der Waals surface area contributed by atoms with Crippen molar-refractivity contribution < 1.29 is 31.9 Å². The number of amides is 1. The van der Waals surface area contributed by atoms with Crippen LogP contribution >= 0.6 is 0 Å². The molecule has 1 aromatic heterocycles. The molecule has 10 nitrogen and oxygen atoms in total. The van der Waals surface area contributed by atoms with Crippen molar-refractivity contribution in [2.75, 3.05) is 13.2 Å². The number of fused-ring (bicyclic) bond motifs is 1. The fourth-order valence-corrected chi connectivity index (χ4v) is 4.54. The third kappa shape index (κ3) is 4.92. The highest BCUT2D eigenvalue weighted by molar-refractivity contribution is 7.89. The first-order valence-corrected chi connectivity index (χ1v) is 11.6. The molecule has 0 bridgehead atoms. The van der Waals surface area contributed by atoms with Gasteiger partial charge in [0, 0.05) is 18.6 Å². The van der Waals surface area contributed by atoms with Crippen LogP contribution < -0.4 is 9.47 Å². The van der Waals surface area contributed by atoms with Crippen LogP contribution in [-0.2, 0) is 14.8 Å². The largest absolute Gasteiger partial charge is 0.490 e. The number of rotatable bonds is 3. The standard InChI is InChI=1S/C22H23N3O7S/c1-14-23-20(24-32-14)15-6-5-7-16(12-15)30-17-8-9-18-19(13-17)33(27,28)25(10-11-29-18)21(26)31-22(2,3)4/h5-9,12-13H,10-11H2,1-4H3. The second kappa shape index (κ2) is 8.39. The molecule has 0 spiro atoms. The van der Waals surface area contributed by atoms with Gasteiger partial charge in [-0.05, 0) is 45.0 Å². The van der Waals surface area contributed by atoms with Crippen LogP contribution in [-0.4, -0.2) is 47.7 Å². The Labute approximate surface area is 191 Å². The minimum Gasteiger partial charge on any atom is -0.490 e. The topological polar surface area (TPSA) is 121 Å². The number of hydrogen-bond donors (Lipinski definition) is 0. The number of aryl methyl sites for hydroxylation is 1. The van der Waals surface area contributed by atoms with E-state index < -0.39 is 21.7 Å². The van der Waals surface area contributed by atoms with Crippen LogP contribution in [0.15, 0.2) is 51.9 Å². The number of aromatic nitrogens is 2. The number of carbonyl (C=O) groups excluding carboxylic acids is 1. The minimum atomic E-state index is -4.23. The van der Waals surface area contributed by atoms with Gasteiger partial charge in [-0.3, -0.25) is 0 Å². The fourth-order valence-electron chi connectivity index (χ4n) is 3.10. The molecule has 0 atom stereocenters. The summed E-state index contributed by atoms with van der Waals surface area (Å²) in [6.45, 7) is 6.50. The monoisotopic (exact) mass is 473 g/mol. The van der Waals surface area contributed by atoms with E-state index >= 15 is 0 Å². The highest BCUT2D eigenvalue weighted by Gasteiger charge is 2.37. The van der Waals surface area contributed by atoms with Crippen LogP contribution in [0, 0.1) is 6.92 Å². The molecule has 0 radical (unpaired) electrons. The van der Waals surface area contributed by atoms with Crippen molar-refractivity contribution in [3.05, 3.63) is 48.4 Å². The van der Waals surface area contributed by atoms with E-state index in [-0.39, 0.29) is 29.5 Å². The van der Waals surface area contributed by atoms with Gasteiger partial charge in [0.25, 0.3) is 10.0 Å². The second-order valence-electron chi connectivity index (χ2n) is 8.28. The van der Waals surface area contributed by atoms with E-state index in [1.807, 2.05) is 0 Å². The molecule has 1 amide bonds. The smallest absolute Gasteiger partial charge is 0.424 e. The number of carbonyl (C=O) groups is 1. The predicted octanol–water partition coefficient (Wildman–Crippen LogP) is 4.16. The van der Waals surface area contributed by atoms with E-state index in [1.54, 1.807) is 58.0 Å². The first-order valence-electron chi connectivity index (χ1n) is 10.1.